The van der Waals surface area contributed by atoms with E-state index in [4.69, 9.17) is 0 Å². The maximum atomic E-state index is 2.60. The maximum Gasteiger partial charge on any atom is -0.0240 e. The highest BCUT2D eigenvalue weighted by Gasteiger charge is 2.54. The van der Waals surface area contributed by atoms with Crippen LogP contribution in [0, 0.1) is 23.2 Å². The fraction of sp³-hybridized carbons (Fsp3) is 1.00. The lowest BCUT2D eigenvalue weighted by atomic mass is 9.72. The third kappa shape index (κ3) is 1.65. The van der Waals surface area contributed by atoms with Crippen LogP contribution in [-0.4, -0.2) is 0 Å². The Morgan fingerprint density at radius 3 is 1.93 bits per heavy atom. The summed E-state index contributed by atoms with van der Waals surface area (Å²) >= 11 is 0. The molecule has 15 heavy (non-hydrogen) atoms. The quantitative estimate of drug-likeness (QED) is 0.623. The lowest BCUT2D eigenvalue weighted by molar-refractivity contribution is 0.154. The molecule has 0 nitrogen and oxygen atoms in total. The molecule has 3 aliphatic rings. The summed E-state index contributed by atoms with van der Waals surface area (Å²) in [4.78, 5) is 0. The summed E-state index contributed by atoms with van der Waals surface area (Å²) in [5.74, 6) is 3.30. The number of hydrogen-bond acceptors (Lipinski definition) is 0. The van der Waals surface area contributed by atoms with E-state index in [1.54, 1.807) is 38.5 Å². The minimum atomic E-state index is 0.853. The van der Waals surface area contributed by atoms with Gasteiger partial charge in [-0.3, -0.25) is 0 Å². The minimum absolute atomic E-state index is 0.853. The normalized spacial score (nSPS) is 33.4. The van der Waals surface area contributed by atoms with Gasteiger partial charge in [-0.15, -0.1) is 0 Å². The Bertz CT molecular complexity index is 214. The van der Waals surface area contributed by atoms with E-state index in [2.05, 4.69) is 6.92 Å². The third-order valence-corrected chi connectivity index (χ3v) is 6.01. The van der Waals surface area contributed by atoms with E-state index in [0.29, 0.717) is 0 Å². The van der Waals surface area contributed by atoms with Crippen molar-refractivity contribution in [3.63, 3.8) is 0 Å². The molecule has 0 bridgehead atoms. The van der Waals surface area contributed by atoms with Crippen molar-refractivity contribution in [2.24, 2.45) is 23.2 Å². The van der Waals surface area contributed by atoms with Crippen molar-refractivity contribution < 1.29 is 0 Å². The highest BCUT2D eigenvalue weighted by Crippen LogP contribution is 2.64. The molecule has 3 rings (SSSR count). The second-order valence-electron chi connectivity index (χ2n) is 6.55. The molecule has 0 aromatic rings. The van der Waals surface area contributed by atoms with Gasteiger partial charge < -0.3 is 0 Å². The van der Waals surface area contributed by atoms with Crippen LogP contribution in [0.5, 0.6) is 0 Å². The Morgan fingerprint density at radius 2 is 1.40 bits per heavy atom. The van der Waals surface area contributed by atoms with Crippen molar-refractivity contribution in [2.45, 2.75) is 71.1 Å². The molecule has 0 radical (unpaired) electrons. The van der Waals surface area contributed by atoms with Crippen LogP contribution >= 0.6 is 0 Å². The molecule has 0 heterocycles. The maximum absolute atomic E-state index is 2.60. The van der Waals surface area contributed by atoms with E-state index < -0.39 is 0 Å². The fourth-order valence-corrected chi connectivity index (χ4v) is 4.81. The molecule has 86 valence electrons. The van der Waals surface area contributed by atoms with Crippen LogP contribution in [0.4, 0.5) is 0 Å². The van der Waals surface area contributed by atoms with Gasteiger partial charge in [-0.1, -0.05) is 45.4 Å². The average molecular weight is 206 g/mol. The molecule has 0 aliphatic heterocycles. The summed E-state index contributed by atoms with van der Waals surface area (Å²) in [7, 11) is 0. The van der Waals surface area contributed by atoms with Crippen LogP contribution < -0.4 is 0 Å². The molecule has 0 N–H and O–H groups in total. The van der Waals surface area contributed by atoms with Gasteiger partial charge in [-0.2, -0.15) is 0 Å². The largest absolute Gasteiger partial charge is 0.0617 e. The van der Waals surface area contributed by atoms with Crippen LogP contribution in [-0.2, 0) is 0 Å². The first kappa shape index (κ1) is 10.2. The molecular formula is C15H26. The smallest absolute Gasteiger partial charge is 0.0240 e. The van der Waals surface area contributed by atoms with E-state index >= 15 is 0 Å². The Kier molecular flexibility index (Phi) is 2.57. The van der Waals surface area contributed by atoms with E-state index in [-0.39, 0.29) is 0 Å². The topological polar surface area (TPSA) is 0 Å². The van der Waals surface area contributed by atoms with Crippen molar-refractivity contribution in [1.29, 1.82) is 0 Å². The highest BCUT2D eigenvalue weighted by atomic mass is 14.6. The first-order valence-electron chi connectivity index (χ1n) is 7.33. The van der Waals surface area contributed by atoms with Gasteiger partial charge in [0.05, 0.1) is 0 Å². The van der Waals surface area contributed by atoms with Gasteiger partial charge >= 0.3 is 0 Å². The second kappa shape index (κ2) is 3.79. The van der Waals surface area contributed by atoms with Crippen LogP contribution in [0.1, 0.15) is 71.1 Å². The molecule has 3 saturated carbocycles. The SMILES string of the molecule is CC(C1CCCC1)C1(C2CCCC2)CC1. The Morgan fingerprint density at radius 1 is 0.867 bits per heavy atom. The van der Waals surface area contributed by atoms with E-state index in [1.165, 1.54) is 25.7 Å². The molecule has 0 heteroatoms. The molecule has 1 atom stereocenters. The average Bonchev–Trinajstić information content (AvgIpc) is 2.78. The molecule has 0 saturated heterocycles. The second-order valence-corrected chi connectivity index (χ2v) is 6.55. The van der Waals surface area contributed by atoms with Gasteiger partial charge in [0.25, 0.3) is 0 Å². The lowest BCUT2D eigenvalue weighted by Crippen LogP contribution is -2.26. The molecule has 0 aromatic heterocycles. The molecule has 3 aliphatic carbocycles. The van der Waals surface area contributed by atoms with Gasteiger partial charge in [0.2, 0.25) is 0 Å². The summed E-state index contributed by atoms with van der Waals surface area (Å²) in [6.07, 6.45) is 15.5. The minimum Gasteiger partial charge on any atom is -0.0617 e. The molecule has 0 spiro atoms. The Hall–Kier alpha value is 0. The van der Waals surface area contributed by atoms with Crippen molar-refractivity contribution >= 4 is 0 Å². The standard InChI is InChI=1S/C15H26/c1-12(13-6-2-3-7-13)15(10-11-15)14-8-4-5-9-14/h12-14H,2-11H2,1H3. The molecular weight excluding hydrogens is 180 g/mol. The van der Waals surface area contributed by atoms with E-state index in [9.17, 15) is 0 Å². The lowest BCUT2D eigenvalue weighted by Gasteiger charge is -2.33. The van der Waals surface area contributed by atoms with Gasteiger partial charge in [0, 0.05) is 0 Å². The predicted molar refractivity (Wildman–Crippen MR) is 64.7 cm³/mol. The first-order chi connectivity index (χ1) is 7.33. The molecule has 0 amide bonds. The van der Waals surface area contributed by atoms with E-state index in [1.807, 2.05) is 0 Å². The number of hydrogen-bond donors (Lipinski definition) is 0. The van der Waals surface area contributed by atoms with Gasteiger partial charge in [0.15, 0.2) is 0 Å². The fourth-order valence-electron chi connectivity index (χ4n) is 4.81. The van der Waals surface area contributed by atoms with Gasteiger partial charge in [-0.25, -0.2) is 0 Å². The zero-order chi connectivity index (χ0) is 10.3. The summed E-state index contributed by atoms with van der Waals surface area (Å²) < 4.78 is 0. The first-order valence-corrected chi connectivity index (χ1v) is 7.33. The molecule has 3 fully saturated rings. The molecule has 0 aromatic carbocycles. The van der Waals surface area contributed by atoms with Crippen molar-refractivity contribution in [3.05, 3.63) is 0 Å². The van der Waals surface area contributed by atoms with Crippen molar-refractivity contribution in [2.75, 3.05) is 0 Å². The van der Waals surface area contributed by atoms with Crippen molar-refractivity contribution in [1.82, 2.24) is 0 Å². The Balaban J connectivity index is 1.68. The van der Waals surface area contributed by atoms with Crippen LogP contribution in [0.3, 0.4) is 0 Å². The molecule has 1 unspecified atom stereocenters. The summed E-state index contributed by atoms with van der Waals surface area (Å²) in [6.45, 7) is 2.60. The zero-order valence-electron chi connectivity index (χ0n) is 10.3. The highest BCUT2D eigenvalue weighted by molar-refractivity contribution is 5.04. The Labute approximate surface area is 94.8 Å². The monoisotopic (exact) mass is 206 g/mol. The zero-order valence-corrected chi connectivity index (χ0v) is 10.3. The van der Waals surface area contributed by atoms with Crippen LogP contribution in [0.25, 0.3) is 0 Å². The summed E-state index contributed by atoms with van der Waals surface area (Å²) in [5.41, 5.74) is 0.853. The van der Waals surface area contributed by atoms with Crippen molar-refractivity contribution in [3.8, 4) is 0 Å². The van der Waals surface area contributed by atoms with Gasteiger partial charge in [0.1, 0.15) is 0 Å². The number of rotatable bonds is 3. The van der Waals surface area contributed by atoms with E-state index in [0.717, 1.165) is 23.2 Å². The summed E-state index contributed by atoms with van der Waals surface area (Å²) in [5, 5.41) is 0. The van der Waals surface area contributed by atoms with Gasteiger partial charge in [-0.05, 0) is 48.9 Å². The third-order valence-electron chi connectivity index (χ3n) is 6.01. The van der Waals surface area contributed by atoms with Crippen LogP contribution in [0.15, 0.2) is 0 Å². The van der Waals surface area contributed by atoms with Crippen LogP contribution in [0.2, 0.25) is 0 Å². The summed E-state index contributed by atoms with van der Waals surface area (Å²) in [6, 6.07) is 0. The predicted octanol–water partition coefficient (Wildman–Crippen LogP) is 4.78.